The van der Waals surface area contributed by atoms with Crippen LogP contribution in [0.5, 0.6) is 0 Å². The van der Waals surface area contributed by atoms with Crippen LogP contribution in [0.1, 0.15) is 76.1 Å². The van der Waals surface area contributed by atoms with Crippen LogP contribution in [-0.2, 0) is 0 Å². The molecule has 3 heterocycles. The number of rotatable bonds is 5. The Bertz CT molecular complexity index is 1740. The fourth-order valence-electron chi connectivity index (χ4n) is 5.38. The molecule has 3 aromatic carbocycles. The van der Waals surface area contributed by atoms with E-state index in [4.69, 9.17) is 14.4 Å². The molecule has 3 aromatic heterocycles. The number of fused-ring (bicyclic) bond motifs is 4. The highest BCUT2D eigenvalue weighted by Crippen LogP contribution is 2.40. The Kier molecular flexibility index (Phi) is 5.63. The summed E-state index contributed by atoms with van der Waals surface area (Å²) in [6, 6.07) is 25.5. The van der Waals surface area contributed by atoms with Gasteiger partial charge in [-0.3, -0.25) is 4.57 Å². The summed E-state index contributed by atoms with van der Waals surface area (Å²) in [5.41, 5.74) is 9.34. The van der Waals surface area contributed by atoms with E-state index < -0.39 is 0 Å². The van der Waals surface area contributed by atoms with Crippen molar-refractivity contribution in [3.05, 3.63) is 89.6 Å². The lowest BCUT2D eigenvalue weighted by molar-refractivity contribution is 0.669. The highest BCUT2D eigenvalue weighted by molar-refractivity contribution is 6.09. The summed E-state index contributed by atoms with van der Waals surface area (Å²) in [4.78, 5) is 10.4. The molecule has 0 atom stereocenters. The molecule has 0 bridgehead atoms. The summed E-state index contributed by atoms with van der Waals surface area (Å²) < 4.78 is 8.77. The van der Waals surface area contributed by atoms with Gasteiger partial charge in [0.15, 0.2) is 11.5 Å². The second-order valence-corrected chi connectivity index (χ2v) is 10.9. The van der Waals surface area contributed by atoms with E-state index >= 15 is 0 Å². The van der Waals surface area contributed by atoms with Gasteiger partial charge >= 0.3 is 0 Å². The Hall–Kier alpha value is -3.92. The summed E-state index contributed by atoms with van der Waals surface area (Å²) in [7, 11) is 0. The summed E-state index contributed by atoms with van der Waals surface area (Å²) in [5.74, 6) is 1.87. The monoisotopic (exact) mass is 487 g/mol. The first-order valence-electron chi connectivity index (χ1n) is 13.3. The zero-order valence-electron chi connectivity index (χ0n) is 22.4. The zero-order chi connectivity index (χ0) is 25.8. The average molecular weight is 488 g/mol. The molecule has 0 amide bonds. The van der Waals surface area contributed by atoms with Gasteiger partial charge in [-0.25, -0.2) is 9.97 Å². The van der Waals surface area contributed by atoms with Gasteiger partial charge in [0.1, 0.15) is 16.7 Å². The molecular weight excluding hydrogens is 454 g/mol. The van der Waals surface area contributed by atoms with Gasteiger partial charge in [0.25, 0.3) is 0 Å². The quantitative estimate of drug-likeness (QED) is 0.243. The number of imidazole rings is 1. The Morgan fingerprint density at radius 2 is 1.32 bits per heavy atom. The minimum Gasteiger partial charge on any atom is -0.455 e. The van der Waals surface area contributed by atoms with Crippen molar-refractivity contribution in [1.29, 1.82) is 0 Å². The van der Waals surface area contributed by atoms with Crippen LogP contribution >= 0.6 is 0 Å². The van der Waals surface area contributed by atoms with Gasteiger partial charge in [-0.2, -0.15) is 0 Å². The Morgan fingerprint density at radius 1 is 0.649 bits per heavy atom. The van der Waals surface area contributed by atoms with E-state index in [2.05, 4.69) is 107 Å². The molecule has 0 unspecified atom stereocenters. The first kappa shape index (κ1) is 23.5. The Balaban J connectivity index is 1.78. The molecule has 0 aliphatic rings. The maximum Gasteiger partial charge on any atom is 0.165 e. The molecule has 0 radical (unpaired) electrons. The van der Waals surface area contributed by atoms with Crippen LogP contribution < -0.4 is 0 Å². The SMILES string of the molecule is CC(C)c1ccc2nc(-c3cccc4c3oc3ccccc34)n(-c3c(C(C)C)cccc3C(C)C)c2n1. The Labute approximate surface area is 218 Å². The lowest BCUT2D eigenvalue weighted by atomic mass is 9.92. The second kappa shape index (κ2) is 8.88. The third-order valence-corrected chi connectivity index (χ3v) is 7.33. The number of aromatic nitrogens is 3. The molecule has 0 aliphatic heterocycles. The summed E-state index contributed by atoms with van der Waals surface area (Å²) >= 11 is 0. The topological polar surface area (TPSA) is 43.9 Å². The zero-order valence-corrected chi connectivity index (χ0v) is 22.4. The lowest BCUT2D eigenvalue weighted by Crippen LogP contribution is -2.09. The molecule has 6 rings (SSSR count). The summed E-state index contributed by atoms with van der Waals surface area (Å²) in [5, 5.41) is 2.22. The molecule has 0 aliphatic carbocycles. The molecule has 0 fully saturated rings. The molecule has 0 saturated heterocycles. The largest absolute Gasteiger partial charge is 0.455 e. The molecule has 0 N–H and O–H groups in total. The van der Waals surface area contributed by atoms with Crippen LogP contribution in [0.25, 0.3) is 50.2 Å². The fourth-order valence-corrected chi connectivity index (χ4v) is 5.38. The van der Waals surface area contributed by atoms with Crippen LogP contribution in [0.3, 0.4) is 0 Å². The van der Waals surface area contributed by atoms with Crippen molar-refractivity contribution in [2.75, 3.05) is 0 Å². The first-order valence-corrected chi connectivity index (χ1v) is 13.3. The van der Waals surface area contributed by atoms with E-state index in [0.717, 1.165) is 50.2 Å². The van der Waals surface area contributed by atoms with E-state index in [1.165, 1.54) is 16.8 Å². The Morgan fingerprint density at radius 3 is 2.03 bits per heavy atom. The first-order chi connectivity index (χ1) is 17.8. The molecule has 4 heteroatoms. The van der Waals surface area contributed by atoms with Crippen molar-refractivity contribution in [2.45, 2.75) is 59.3 Å². The summed E-state index contributed by atoms with van der Waals surface area (Å²) in [6.45, 7) is 13.4. The highest BCUT2D eigenvalue weighted by atomic mass is 16.3. The number of nitrogens with zero attached hydrogens (tertiary/aromatic N) is 3. The number of furan rings is 1. The molecule has 4 nitrogen and oxygen atoms in total. The molecular formula is C33H33N3O. The van der Waals surface area contributed by atoms with Crippen LogP contribution in [0, 0.1) is 0 Å². The van der Waals surface area contributed by atoms with Crippen LogP contribution in [0.15, 0.2) is 77.2 Å². The summed E-state index contributed by atoms with van der Waals surface area (Å²) in [6.07, 6.45) is 0. The van der Waals surface area contributed by atoms with Crippen LogP contribution in [-0.4, -0.2) is 14.5 Å². The maximum absolute atomic E-state index is 6.47. The standard InChI is InChI=1S/C33H33N3O/c1-19(2)22-12-9-13-23(20(3)4)30(22)36-32(35-28-18-17-27(21(5)6)34-33(28)36)26-15-10-14-25-24-11-7-8-16-29(24)37-31(25)26/h7-21H,1-6H3. The van der Waals surface area contributed by atoms with Gasteiger partial charge < -0.3 is 4.42 Å². The third-order valence-electron chi connectivity index (χ3n) is 7.33. The predicted octanol–water partition coefficient (Wildman–Crippen LogP) is 9.36. The lowest BCUT2D eigenvalue weighted by Gasteiger charge is -2.22. The molecule has 0 saturated carbocycles. The second-order valence-electron chi connectivity index (χ2n) is 10.9. The van der Waals surface area contributed by atoms with Gasteiger partial charge in [-0.15, -0.1) is 0 Å². The molecule has 37 heavy (non-hydrogen) atoms. The number of hydrogen-bond donors (Lipinski definition) is 0. The van der Waals surface area contributed by atoms with Gasteiger partial charge in [-0.1, -0.05) is 90.1 Å². The van der Waals surface area contributed by atoms with Crippen LogP contribution in [0.4, 0.5) is 0 Å². The smallest absolute Gasteiger partial charge is 0.165 e. The normalized spacial score (nSPS) is 12.2. The van der Waals surface area contributed by atoms with Crippen molar-refractivity contribution in [2.24, 2.45) is 0 Å². The van der Waals surface area contributed by atoms with E-state index in [1.807, 2.05) is 12.1 Å². The predicted molar refractivity (Wildman–Crippen MR) is 154 cm³/mol. The number of hydrogen-bond acceptors (Lipinski definition) is 3. The van der Waals surface area contributed by atoms with Gasteiger partial charge in [0, 0.05) is 16.5 Å². The van der Waals surface area contributed by atoms with E-state index in [1.54, 1.807) is 0 Å². The number of pyridine rings is 1. The number of para-hydroxylation sites is 3. The average Bonchev–Trinajstić information content (AvgIpc) is 3.46. The van der Waals surface area contributed by atoms with Gasteiger partial charge in [0.2, 0.25) is 0 Å². The fraction of sp³-hybridized carbons (Fsp3) is 0.273. The van der Waals surface area contributed by atoms with E-state index in [-0.39, 0.29) is 0 Å². The minimum absolute atomic E-state index is 0.319. The molecule has 6 aromatic rings. The van der Waals surface area contributed by atoms with E-state index in [9.17, 15) is 0 Å². The maximum atomic E-state index is 6.47. The van der Waals surface area contributed by atoms with Gasteiger partial charge in [0.05, 0.1) is 11.3 Å². The van der Waals surface area contributed by atoms with Crippen molar-refractivity contribution in [3.63, 3.8) is 0 Å². The van der Waals surface area contributed by atoms with Crippen molar-refractivity contribution < 1.29 is 4.42 Å². The number of benzene rings is 3. The van der Waals surface area contributed by atoms with Crippen molar-refractivity contribution in [1.82, 2.24) is 14.5 Å². The highest BCUT2D eigenvalue weighted by Gasteiger charge is 2.25. The molecule has 186 valence electrons. The third kappa shape index (κ3) is 3.74. The van der Waals surface area contributed by atoms with Gasteiger partial charge in [-0.05, 0) is 53.1 Å². The molecule has 0 spiro atoms. The minimum atomic E-state index is 0.319. The van der Waals surface area contributed by atoms with E-state index in [0.29, 0.717) is 17.8 Å². The van der Waals surface area contributed by atoms with Crippen molar-refractivity contribution >= 4 is 33.1 Å². The van der Waals surface area contributed by atoms with Crippen LogP contribution in [0.2, 0.25) is 0 Å². The van der Waals surface area contributed by atoms with Crippen molar-refractivity contribution in [3.8, 4) is 17.1 Å².